The van der Waals surface area contributed by atoms with Gasteiger partial charge in [0.25, 0.3) is 5.91 Å². The molecule has 8 heteroatoms. The van der Waals surface area contributed by atoms with Crippen LogP contribution in [0.5, 0.6) is 11.5 Å². The zero-order valence-electron chi connectivity index (χ0n) is 20.1. The number of pyridine rings is 1. The van der Waals surface area contributed by atoms with Crippen LogP contribution < -0.4 is 9.47 Å². The number of hydrogen-bond acceptors (Lipinski definition) is 7. The van der Waals surface area contributed by atoms with Crippen molar-refractivity contribution in [3.8, 4) is 11.5 Å². The number of aromatic nitrogens is 1. The number of Topliss-reactive ketones (excluding diaryl/α,β-unsaturated/α-hetero) is 1. The smallest absolute Gasteiger partial charge is 0.290 e. The maximum absolute atomic E-state index is 13.8. The Hall–Kier alpha value is -4.85. The van der Waals surface area contributed by atoms with E-state index in [4.69, 9.17) is 13.9 Å². The molecule has 1 unspecified atom stereocenters. The van der Waals surface area contributed by atoms with E-state index >= 15 is 0 Å². The number of hydrogen-bond donors (Lipinski definition) is 1. The molecule has 186 valence electrons. The van der Waals surface area contributed by atoms with Crippen LogP contribution in [0.15, 0.2) is 101 Å². The molecule has 1 N–H and O–H groups in total. The largest absolute Gasteiger partial charge is 0.503 e. The van der Waals surface area contributed by atoms with Gasteiger partial charge in [-0.2, -0.15) is 0 Å². The highest BCUT2D eigenvalue weighted by atomic mass is 16.5. The Balaban J connectivity index is 1.57. The van der Waals surface area contributed by atoms with Crippen molar-refractivity contribution in [2.45, 2.75) is 12.6 Å². The molecule has 37 heavy (non-hydrogen) atoms. The summed E-state index contributed by atoms with van der Waals surface area (Å²) in [6, 6.07) is 16.6. The fourth-order valence-electron chi connectivity index (χ4n) is 4.43. The monoisotopic (exact) mass is 496 g/mol. The van der Waals surface area contributed by atoms with Crippen molar-refractivity contribution >= 4 is 22.7 Å². The number of methoxy groups -OCH3 is 1. The Morgan fingerprint density at radius 1 is 1.19 bits per heavy atom. The molecular weight excluding hydrogens is 472 g/mol. The van der Waals surface area contributed by atoms with Crippen LogP contribution in [0.1, 0.15) is 27.7 Å². The number of carbonyl (C=O) groups is 2. The SMILES string of the molecule is C=CCOc1ccc(C2C(C(=O)c3cc4cccc(OC)c4o3)=C(O)C(=O)N2Cc2cccnc2)cc1. The van der Waals surface area contributed by atoms with Gasteiger partial charge in [-0.1, -0.05) is 43.0 Å². The molecule has 1 amide bonds. The van der Waals surface area contributed by atoms with E-state index in [1.165, 1.54) is 12.0 Å². The summed E-state index contributed by atoms with van der Waals surface area (Å²) in [6.45, 7) is 4.13. The minimum absolute atomic E-state index is 0.00647. The first-order valence-electron chi connectivity index (χ1n) is 11.6. The molecule has 1 aliphatic heterocycles. The van der Waals surface area contributed by atoms with Gasteiger partial charge in [-0.15, -0.1) is 0 Å². The minimum Gasteiger partial charge on any atom is -0.503 e. The zero-order valence-corrected chi connectivity index (χ0v) is 20.1. The predicted octanol–water partition coefficient (Wildman–Crippen LogP) is 5.18. The third-order valence-corrected chi connectivity index (χ3v) is 6.14. The molecule has 0 aliphatic carbocycles. The van der Waals surface area contributed by atoms with Gasteiger partial charge in [0.2, 0.25) is 5.78 Å². The van der Waals surface area contributed by atoms with Crippen molar-refractivity contribution < 1.29 is 28.6 Å². The van der Waals surface area contributed by atoms with Gasteiger partial charge < -0.3 is 23.9 Å². The maximum Gasteiger partial charge on any atom is 0.290 e. The van der Waals surface area contributed by atoms with Gasteiger partial charge in [0.05, 0.1) is 18.7 Å². The number of carbonyl (C=O) groups excluding carboxylic acids is 2. The number of benzene rings is 2. The van der Waals surface area contributed by atoms with Crippen LogP contribution in [0.2, 0.25) is 0 Å². The van der Waals surface area contributed by atoms with E-state index in [0.717, 1.165) is 5.56 Å². The lowest BCUT2D eigenvalue weighted by atomic mass is 9.94. The van der Waals surface area contributed by atoms with E-state index in [-0.39, 0.29) is 17.9 Å². The van der Waals surface area contributed by atoms with Gasteiger partial charge in [0, 0.05) is 24.3 Å². The Morgan fingerprint density at radius 2 is 2.00 bits per heavy atom. The van der Waals surface area contributed by atoms with Gasteiger partial charge >= 0.3 is 0 Å². The number of para-hydroxylation sites is 1. The summed E-state index contributed by atoms with van der Waals surface area (Å²) in [6.07, 6.45) is 4.91. The summed E-state index contributed by atoms with van der Waals surface area (Å²) in [4.78, 5) is 32.6. The first-order valence-corrected chi connectivity index (χ1v) is 11.6. The van der Waals surface area contributed by atoms with Gasteiger partial charge in [0.1, 0.15) is 12.4 Å². The quantitative estimate of drug-likeness (QED) is 0.252. The molecule has 5 rings (SSSR count). The number of aliphatic hydroxyl groups excluding tert-OH is 1. The molecule has 4 aromatic rings. The average molecular weight is 497 g/mol. The average Bonchev–Trinajstić information content (AvgIpc) is 3.47. The summed E-state index contributed by atoms with van der Waals surface area (Å²) < 4.78 is 16.8. The number of amides is 1. The maximum atomic E-state index is 13.8. The Morgan fingerprint density at radius 3 is 2.70 bits per heavy atom. The molecule has 8 nitrogen and oxygen atoms in total. The van der Waals surface area contributed by atoms with Crippen molar-refractivity contribution in [3.05, 3.63) is 114 Å². The lowest BCUT2D eigenvalue weighted by Gasteiger charge is -2.26. The van der Waals surface area contributed by atoms with E-state index in [1.807, 2.05) is 6.07 Å². The number of fused-ring (bicyclic) bond motifs is 1. The van der Waals surface area contributed by atoms with Crippen LogP contribution in [0.3, 0.4) is 0 Å². The Bertz CT molecular complexity index is 1500. The second-order valence-electron chi connectivity index (χ2n) is 8.45. The molecule has 2 aromatic carbocycles. The van der Waals surface area contributed by atoms with Gasteiger partial charge in [-0.25, -0.2) is 0 Å². The van der Waals surface area contributed by atoms with E-state index < -0.39 is 23.5 Å². The molecule has 0 saturated heterocycles. The van der Waals surface area contributed by atoms with Crippen LogP contribution in [-0.2, 0) is 11.3 Å². The second kappa shape index (κ2) is 10.0. The Labute approximate surface area is 213 Å². The normalized spacial score (nSPS) is 15.3. The number of furan rings is 1. The number of ketones is 1. The molecule has 1 atom stereocenters. The van der Waals surface area contributed by atoms with Crippen LogP contribution >= 0.6 is 0 Å². The summed E-state index contributed by atoms with van der Waals surface area (Å²) >= 11 is 0. The lowest BCUT2D eigenvalue weighted by Crippen LogP contribution is -2.30. The van der Waals surface area contributed by atoms with Crippen LogP contribution in [0.4, 0.5) is 0 Å². The Kier molecular flexibility index (Phi) is 6.47. The number of rotatable bonds is 9. The molecule has 1 aliphatic rings. The van der Waals surface area contributed by atoms with Crippen LogP contribution in [0, 0.1) is 0 Å². The van der Waals surface area contributed by atoms with Crippen molar-refractivity contribution in [2.75, 3.05) is 13.7 Å². The lowest BCUT2D eigenvalue weighted by molar-refractivity contribution is -0.130. The van der Waals surface area contributed by atoms with E-state index in [9.17, 15) is 14.7 Å². The summed E-state index contributed by atoms with van der Waals surface area (Å²) in [7, 11) is 1.51. The molecule has 0 bridgehead atoms. The first kappa shape index (κ1) is 23.9. The third-order valence-electron chi connectivity index (χ3n) is 6.14. The highest BCUT2D eigenvalue weighted by Gasteiger charge is 2.44. The molecule has 2 aromatic heterocycles. The highest BCUT2D eigenvalue weighted by Crippen LogP contribution is 2.41. The fraction of sp³-hybridized carbons (Fsp3) is 0.138. The van der Waals surface area contributed by atoms with Crippen LogP contribution in [0.25, 0.3) is 11.0 Å². The second-order valence-corrected chi connectivity index (χ2v) is 8.45. The standard InChI is InChI=1S/C29H24N2O6/c1-3-14-36-21-11-9-19(10-12-21)25-24(27(33)29(34)31(25)17-18-6-5-13-30-16-18)26(32)23-15-20-7-4-8-22(35-2)28(20)37-23/h3-13,15-16,25,33H,1,14,17H2,2H3. The van der Waals surface area contributed by atoms with E-state index in [1.54, 1.807) is 73.1 Å². The topological polar surface area (TPSA) is 102 Å². The highest BCUT2D eigenvalue weighted by molar-refractivity contribution is 6.16. The van der Waals surface area contributed by atoms with Crippen molar-refractivity contribution in [3.63, 3.8) is 0 Å². The van der Waals surface area contributed by atoms with Crippen LogP contribution in [-0.4, -0.2) is 40.4 Å². The van der Waals surface area contributed by atoms with Crippen molar-refractivity contribution in [1.29, 1.82) is 0 Å². The zero-order chi connectivity index (χ0) is 25.9. The molecule has 0 fully saturated rings. The van der Waals surface area contributed by atoms with Gasteiger partial charge in [0.15, 0.2) is 22.9 Å². The van der Waals surface area contributed by atoms with E-state index in [2.05, 4.69) is 11.6 Å². The number of ether oxygens (including phenoxy) is 2. The molecule has 3 heterocycles. The first-order chi connectivity index (χ1) is 18.0. The molecule has 0 radical (unpaired) electrons. The molecular formula is C29H24N2O6. The van der Waals surface area contributed by atoms with Crippen molar-refractivity contribution in [1.82, 2.24) is 9.88 Å². The molecule has 0 saturated carbocycles. The minimum atomic E-state index is -0.858. The predicted molar refractivity (Wildman–Crippen MR) is 136 cm³/mol. The fourth-order valence-corrected chi connectivity index (χ4v) is 4.43. The third kappa shape index (κ3) is 4.45. The van der Waals surface area contributed by atoms with Gasteiger partial charge in [-0.05, 0) is 41.5 Å². The van der Waals surface area contributed by atoms with Gasteiger partial charge in [-0.3, -0.25) is 14.6 Å². The van der Waals surface area contributed by atoms with Crippen molar-refractivity contribution in [2.24, 2.45) is 0 Å². The van der Waals surface area contributed by atoms with E-state index in [0.29, 0.717) is 34.6 Å². The summed E-state index contributed by atoms with van der Waals surface area (Å²) in [5.41, 5.74) is 1.72. The summed E-state index contributed by atoms with van der Waals surface area (Å²) in [5.74, 6) is -0.779. The number of aliphatic hydroxyl groups is 1. The molecule has 0 spiro atoms. The number of nitrogens with zero attached hydrogens (tertiary/aromatic N) is 2. The summed E-state index contributed by atoms with van der Waals surface area (Å²) in [5, 5.41) is 11.6.